The molecule has 7 heteroatoms. The van der Waals surface area contributed by atoms with Gasteiger partial charge in [0.15, 0.2) is 0 Å². The minimum absolute atomic E-state index is 0.166. The van der Waals surface area contributed by atoms with Crippen LogP contribution in [0.1, 0.15) is 6.92 Å². The van der Waals surface area contributed by atoms with Crippen LogP contribution in [-0.4, -0.2) is 43.7 Å². The molecule has 7 nitrogen and oxygen atoms in total. The molecule has 0 aliphatic heterocycles. The molecule has 0 bridgehead atoms. The summed E-state index contributed by atoms with van der Waals surface area (Å²) in [7, 11) is 4.75. The van der Waals surface area contributed by atoms with E-state index in [1.54, 1.807) is 7.05 Å². The van der Waals surface area contributed by atoms with Crippen LogP contribution in [0.25, 0.3) is 0 Å². The third-order valence-electron chi connectivity index (χ3n) is 2.29. The van der Waals surface area contributed by atoms with Gasteiger partial charge in [0.05, 0.1) is 20.3 Å². The summed E-state index contributed by atoms with van der Waals surface area (Å²) in [6, 6.07) is 1.53. The fourth-order valence-electron chi connectivity index (χ4n) is 1.30. The lowest BCUT2D eigenvalue weighted by Crippen LogP contribution is -2.29. The van der Waals surface area contributed by atoms with Gasteiger partial charge in [-0.1, -0.05) is 6.92 Å². The van der Waals surface area contributed by atoms with Crippen LogP contribution in [0.15, 0.2) is 6.07 Å². The first-order valence-corrected chi connectivity index (χ1v) is 5.53. The second-order valence-corrected chi connectivity index (χ2v) is 3.72. The van der Waals surface area contributed by atoms with Crippen molar-refractivity contribution in [1.29, 1.82) is 0 Å². The van der Waals surface area contributed by atoms with Gasteiger partial charge in [-0.15, -0.1) is 0 Å². The summed E-state index contributed by atoms with van der Waals surface area (Å²) in [5.41, 5.74) is 0. The van der Waals surface area contributed by atoms with Gasteiger partial charge in [-0.25, -0.2) is 0 Å². The summed E-state index contributed by atoms with van der Waals surface area (Å²) in [5.74, 6) is 0.478. The molecule has 0 spiro atoms. The Kier molecular flexibility index (Phi) is 5.31. The second kappa shape index (κ2) is 6.75. The van der Waals surface area contributed by atoms with Gasteiger partial charge in [0.2, 0.25) is 23.6 Å². The monoisotopic (exact) mass is 254 g/mol. The van der Waals surface area contributed by atoms with Crippen LogP contribution in [0.3, 0.4) is 0 Å². The highest BCUT2D eigenvalue weighted by Gasteiger charge is 2.14. The maximum atomic E-state index is 11.8. The molecule has 0 aliphatic carbocycles. The van der Waals surface area contributed by atoms with Crippen LogP contribution >= 0.6 is 0 Å². The van der Waals surface area contributed by atoms with Gasteiger partial charge in [0.25, 0.3) is 0 Å². The van der Waals surface area contributed by atoms with Crippen molar-refractivity contribution >= 4 is 11.9 Å². The fourth-order valence-corrected chi connectivity index (χ4v) is 1.30. The molecule has 1 aromatic heterocycles. The molecule has 2 N–H and O–H groups in total. The summed E-state index contributed by atoms with van der Waals surface area (Å²) in [4.78, 5) is 19.8. The summed E-state index contributed by atoms with van der Waals surface area (Å²) >= 11 is 0. The molecule has 1 atom stereocenters. The van der Waals surface area contributed by atoms with Crippen molar-refractivity contribution in [1.82, 2.24) is 15.3 Å². The minimum atomic E-state index is -0.184. The maximum Gasteiger partial charge on any atom is 0.236 e. The van der Waals surface area contributed by atoms with E-state index in [1.165, 1.54) is 20.3 Å². The van der Waals surface area contributed by atoms with E-state index in [0.717, 1.165) is 0 Å². The Bertz CT molecular complexity index is 389. The number of nitrogens with one attached hydrogen (secondary N) is 2. The van der Waals surface area contributed by atoms with Crippen molar-refractivity contribution in [3.63, 3.8) is 0 Å². The molecule has 0 aromatic carbocycles. The van der Waals surface area contributed by atoms with E-state index >= 15 is 0 Å². The zero-order chi connectivity index (χ0) is 13.5. The molecule has 0 fully saturated rings. The number of hydrogen-bond donors (Lipinski definition) is 2. The lowest BCUT2D eigenvalue weighted by Gasteiger charge is -2.11. The quantitative estimate of drug-likeness (QED) is 0.759. The Labute approximate surface area is 106 Å². The number of nitrogens with zero attached hydrogens (tertiary/aromatic N) is 2. The van der Waals surface area contributed by atoms with Gasteiger partial charge < -0.3 is 14.8 Å². The predicted octanol–water partition coefficient (Wildman–Crippen LogP) is 0.288. The molecule has 0 radical (unpaired) electrons. The molecule has 1 aromatic rings. The summed E-state index contributed by atoms with van der Waals surface area (Å²) in [6.07, 6.45) is 0. The second-order valence-electron chi connectivity index (χ2n) is 3.72. The Morgan fingerprint density at radius 2 is 1.89 bits per heavy atom. The van der Waals surface area contributed by atoms with Gasteiger partial charge in [0, 0.05) is 12.5 Å². The standard InChI is InChI=1S/C11H18N4O3/c1-7(6-12-2)10(16)15-11-13-8(17-3)5-9(14-11)18-4/h5,7,12H,6H2,1-4H3,(H,13,14,15,16). The number of carbonyl (C=O) groups excluding carboxylic acids is 1. The van der Waals surface area contributed by atoms with Crippen molar-refractivity contribution in [3.8, 4) is 11.8 Å². The van der Waals surface area contributed by atoms with E-state index in [4.69, 9.17) is 9.47 Å². The molecule has 0 aliphatic rings. The molecule has 1 heterocycles. The van der Waals surface area contributed by atoms with Crippen LogP contribution in [-0.2, 0) is 4.79 Å². The average Bonchev–Trinajstić information content (AvgIpc) is 2.38. The summed E-state index contributed by atoms with van der Waals surface area (Å²) in [5, 5.41) is 5.54. The molecular formula is C11H18N4O3. The van der Waals surface area contributed by atoms with Gasteiger partial charge >= 0.3 is 0 Å². The first-order valence-electron chi connectivity index (χ1n) is 5.53. The zero-order valence-corrected chi connectivity index (χ0v) is 11.0. The maximum absolute atomic E-state index is 11.8. The number of anilines is 1. The van der Waals surface area contributed by atoms with Crippen LogP contribution in [0, 0.1) is 5.92 Å². The highest BCUT2D eigenvalue weighted by atomic mass is 16.5. The fraction of sp³-hybridized carbons (Fsp3) is 0.545. The van der Waals surface area contributed by atoms with Crippen LogP contribution < -0.4 is 20.1 Å². The van der Waals surface area contributed by atoms with Crippen molar-refractivity contribution < 1.29 is 14.3 Å². The van der Waals surface area contributed by atoms with E-state index in [9.17, 15) is 4.79 Å². The molecule has 1 amide bonds. The zero-order valence-electron chi connectivity index (χ0n) is 11.0. The molecular weight excluding hydrogens is 236 g/mol. The molecule has 0 saturated carbocycles. The first-order chi connectivity index (χ1) is 8.60. The summed E-state index contributed by atoms with van der Waals surface area (Å²) in [6.45, 7) is 2.39. The van der Waals surface area contributed by atoms with Gasteiger partial charge in [-0.3, -0.25) is 10.1 Å². The number of rotatable bonds is 6. The summed E-state index contributed by atoms with van der Waals surface area (Å²) < 4.78 is 9.98. The van der Waals surface area contributed by atoms with Gasteiger partial charge in [-0.2, -0.15) is 9.97 Å². The molecule has 0 saturated heterocycles. The molecule has 18 heavy (non-hydrogen) atoms. The topological polar surface area (TPSA) is 85.4 Å². The number of carbonyl (C=O) groups is 1. The first kappa shape index (κ1) is 14.2. The number of hydrogen-bond acceptors (Lipinski definition) is 6. The van der Waals surface area contributed by atoms with Crippen molar-refractivity contribution in [2.24, 2.45) is 5.92 Å². The Balaban J connectivity index is 2.80. The lowest BCUT2D eigenvalue weighted by molar-refractivity contribution is -0.119. The molecule has 100 valence electrons. The van der Waals surface area contributed by atoms with Gasteiger partial charge in [0.1, 0.15) is 0 Å². The number of methoxy groups -OCH3 is 2. The SMILES string of the molecule is CNCC(C)C(=O)Nc1nc(OC)cc(OC)n1. The van der Waals surface area contributed by atoms with E-state index in [1.807, 2.05) is 6.92 Å². The largest absolute Gasteiger partial charge is 0.481 e. The highest BCUT2D eigenvalue weighted by molar-refractivity contribution is 5.90. The smallest absolute Gasteiger partial charge is 0.236 e. The predicted molar refractivity (Wildman–Crippen MR) is 66.9 cm³/mol. The third-order valence-corrected chi connectivity index (χ3v) is 2.29. The lowest BCUT2D eigenvalue weighted by atomic mass is 10.1. The van der Waals surface area contributed by atoms with Crippen molar-refractivity contribution in [3.05, 3.63) is 6.07 Å². The Morgan fingerprint density at radius 1 is 1.33 bits per heavy atom. The molecule has 1 unspecified atom stereocenters. The normalized spacial score (nSPS) is 11.8. The van der Waals surface area contributed by atoms with Crippen molar-refractivity contribution in [2.45, 2.75) is 6.92 Å². The number of ether oxygens (including phenoxy) is 2. The van der Waals surface area contributed by atoms with Gasteiger partial charge in [-0.05, 0) is 7.05 Å². The highest BCUT2D eigenvalue weighted by Crippen LogP contribution is 2.17. The average molecular weight is 254 g/mol. The minimum Gasteiger partial charge on any atom is -0.481 e. The van der Waals surface area contributed by atoms with Crippen LogP contribution in [0.2, 0.25) is 0 Å². The third kappa shape index (κ3) is 3.85. The van der Waals surface area contributed by atoms with Crippen molar-refractivity contribution in [2.75, 3.05) is 33.1 Å². The van der Waals surface area contributed by atoms with E-state index < -0.39 is 0 Å². The Hall–Kier alpha value is -1.89. The van der Waals surface area contributed by atoms with Crippen LogP contribution in [0.4, 0.5) is 5.95 Å². The van der Waals surface area contributed by atoms with Crippen LogP contribution in [0.5, 0.6) is 11.8 Å². The molecule has 1 rings (SSSR count). The Morgan fingerprint density at radius 3 is 2.33 bits per heavy atom. The van der Waals surface area contributed by atoms with E-state index in [-0.39, 0.29) is 17.8 Å². The number of aromatic nitrogens is 2. The van der Waals surface area contributed by atoms with E-state index in [0.29, 0.717) is 18.3 Å². The van der Waals surface area contributed by atoms with E-state index in [2.05, 4.69) is 20.6 Å². The number of amides is 1.